The van der Waals surface area contributed by atoms with Gasteiger partial charge in [-0.1, -0.05) is 36.4 Å². The van der Waals surface area contributed by atoms with Crippen LogP contribution >= 0.6 is 0 Å². The number of carbonyl (C=O) groups excluding carboxylic acids is 2. The van der Waals surface area contributed by atoms with Crippen LogP contribution in [0, 0.1) is 5.82 Å². The summed E-state index contributed by atoms with van der Waals surface area (Å²) in [4.78, 5) is 25.5. The molecule has 1 aliphatic heterocycles. The van der Waals surface area contributed by atoms with Gasteiger partial charge < -0.3 is 19.5 Å². The number of esters is 1. The van der Waals surface area contributed by atoms with Gasteiger partial charge in [-0.05, 0) is 42.0 Å². The highest BCUT2D eigenvalue weighted by molar-refractivity contribution is 5.96. The highest BCUT2D eigenvalue weighted by atomic mass is 19.1. The van der Waals surface area contributed by atoms with E-state index in [1.807, 2.05) is 0 Å². The third-order valence-electron chi connectivity index (χ3n) is 4.66. The van der Waals surface area contributed by atoms with E-state index >= 15 is 0 Å². The van der Waals surface area contributed by atoms with Crippen molar-refractivity contribution in [2.45, 2.75) is 12.5 Å². The molecular formula is C24H20FNO5. The van der Waals surface area contributed by atoms with Gasteiger partial charge in [-0.2, -0.15) is 0 Å². The van der Waals surface area contributed by atoms with Gasteiger partial charge in [0, 0.05) is 11.3 Å². The maximum Gasteiger partial charge on any atom is 0.311 e. The fourth-order valence-electron chi connectivity index (χ4n) is 3.18. The van der Waals surface area contributed by atoms with Crippen LogP contribution in [0.2, 0.25) is 0 Å². The van der Waals surface area contributed by atoms with Gasteiger partial charge in [0.05, 0.1) is 6.42 Å². The number of anilines is 1. The summed E-state index contributed by atoms with van der Waals surface area (Å²) in [7, 11) is 0. The van der Waals surface area contributed by atoms with Crippen molar-refractivity contribution in [3.05, 3.63) is 89.7 Å². The Balaban J connectivity index is 1.48. The molecule has 0 spiro atoms. The molecule has 0 radical (unpaired) electrons. The molecule has 1 unspecified atom stereocenters. The van der Waals surface area contributed by atoms with Crippen LogP contribution in [0.5, 0.6) is 11.5 Å². The van der Waals surface area contributed by atoms with Crippen LogP contribution in [0.3, 0.4) is 0 Å². The van der Waals surface area contributed by atoms with Crippen molar-refractivity contribution in [2.75, 3.05) is 18.5 Å². The van der Waals surface area contributed by atoms with Gasteiger partial charge in [0.25, 0.3) is 5.91 Å². The topological polar surface area (TPSA) is 73.9 Å². The number of fused-ring (bicyclic) bond motifs is 1. The van der Waals surface area contributed by atoms with E-state index in [1.54, 1.807) is 48.5 Å². The smallest absolute Gasteiger partial charge is 0.311 e. The summed E-state index contributed by atoms with van der Waals surface area (Å²) in [5.41, 5.74) is 1.60. The fourth-order valence-corrected chi connectivity index (χ4v) is 3.18. The number of halogens is 1. The number of amides is 1. The molecule has 3 aromatic carbocycles. The maximum atomic E-state index is 13.1. The molecule has 7 heteroatoms. The van der Waals surface area contributed by atoms with E-state index in [0.717, 1.165) is 0 Å². The predicted molar refractivity (Wildman–Crippen MR) is 111 cm³/mol. The highest BCUT2D eigenvalue weighted by Crippen LogP contribution is 2.31. The molecule has 0 aromatic heterocycles. The number of carbonyl (C=O) groups is 2. The minimum Gasteiger partial charge on any atom is -0.486 e. The van der Waals surface area contributed by atoms with E-state index < -0.39 is 23.8 Å². The molecule has 1 N–H and O–H groups in total. The Morgan fingerprint density at radius 3 is 2.39 bits per heavy atom. The van der Waals surface area contributed by atoms with Gasteiger partial charge in [0.1, 0.15) is 19.0 Å². The molecule has 6 nitrogen and oxygen atoms in total. The number of benzene rings is 3. The second-order valence-corrected chi connectivity index (χ2v) is 6.93. The van der Waals surface area contributed by atoms with E-state index in [-0.39, 0.29) is 6.42 Å². The maximum absolute atomic E-state index is 13.1. The Morgan fingerprint density at radius 2 is 1.65 bits per heavy atom. The normalized spacial score (nSPS) is 13.2. The quantitative estimate of drug-likeness (QED) is 0.608. The van der Waals surface area contributed by atoms with Crippen LogP contribution in [0.15, 0.2) is 72.8 Å². The van der Waals surface area contributed by atoms with Crippen LogP contribution in [-0.4, -0.2) is 25.1 Å². The zero-order chi connectivity index (χ0) is 21.6. The average molecular weight is 421 g/mol. The Labute approximate surface area is 178 Å². The first-order chi connectivity index (χ1) is 15.1. The van der Waals surface area contributed by atoms with Crippen molar-refractivity contribution in [1.29, 1.82) is 0 Å². The summed E-state index contributed by atoms with van der Waals surface area (Å²) in [6.07, 6.45) is -1.19. The SMILES string of the molecule is O=C(Cc1ccc2c(c1)OCCO2)OC(C(=O)Nc1ccc(F)cc1)c1ccccc1. The van der Waals surface area contributed by atoms with Gasteiger partial charge in [-0.3, -0.25) is 9.59 Å². The lowest BCUT2D eigenvalue weighted by Crippen LogP contribution is -2.26. The van der Waals surface area contributed by atoms with Gasteiger partial charge in [-0.25, -0.2) is 4.39 Å². The Hall–Kier alpha value is -3.87. The molecule has 0 aliphatic carbocycles. The summed E-state index contributed by atoms with van der Waals surface area (Å²) in [5.74, 6) is -0.314. The van der Waals surface area contributed by atoms with E-state index in [4.69, 9.17) is 14.2 Å². The van der Waals surface area contributed by atoms with Crippen molar-refractivity contribution < 1.29 is 28.2 Å². The molecule has 0 saturated carbocycles. The van der Waals surface area contributed by atoms with E-state index in [2.05, 4.69) is 5.32 Å². The number of ether oxygens (including phenoxy) is 3. The Kier molecular flexibility index (Phi) is 6.12. The largest absolute Gasteiger partial charge is 0.486 e. The minimum atomic E-state index is -1.16. The molecule has 158 valence electrons. The molecular weight excluding hydrogens is 401 g/mol. The summed E-state index contributed by atoms with van der Waals surface area (Å²) in [5, 5.41) is 2.66. The van der Waals surface area contributed by atoms with E-state index in [0.29, 0.717) is 41.5 Å². The molecule has 0 saturated heterocycles. The second-order valence-electron chi connectivity index (χ2n) is 6.93. The number of hydrogen-bond donors (Lipinski definition) is 1. The van der Waals surface area contributed by atoms with Gasteiger partial charge in [-0.15, -0.1) is 0 Å². The minimum absolute atomic E-state index is 0.0379. The summed E-state index contributed by atoms with van der Waals surface area (Å²) in [6.45, 7) is 0.927. The van der Waals surface area contributed by atoms with Crippen molar-refractivity contribution in [3.8, 4) is 11.5 Å². The molecule has 0 bridgehead atoms. The lowest BCUT2D eigenvalue weighted by Gasteiger charge is -2.20. The molecule has 1 aliphatic rings. The van der Waals surface area contributed by atoms with Crippen LogP contribution in [0.25, 0.3) is 0 Å². The van der Waals surface area contributed by atoms with Crippen LogP contribution in [-0.2, 0) is 20.7 Å². The summed E-state index contributed by atoms with van der Waals surface area (Å²) in [6, 6.07) is 19.3. The van der Waals surface area contributed by atoms with Crippen molar-refractivity contribution >= 4 is 17.6 Å². The molecule has 4 rings (SSSR count). The lowest BCUT2D eigenvalue weighted by atomic mass is 10.1. The Morgan fingerprint density at radius 1 is 0.935 bits per heavy atom. The van der Waals surface area contributed by atoms with Crippen LogP contribution in [0.1, 0.15) is 17.2 Å². The molecule has 1 heterocycles. The first-order valence-electron chi connectivity index (χ1n) is 9.78. The van der Waals surface area contributed by atoms with Gasteiger partial charge in [0.2, 0.25) is 6.10 Å². The molecule has 0 fully saturated rings. The third-order valence-corrected chi connectivity index (χ3v) is 4.66. The third kappa shape index (κ3) is 5.19. The standard InChI is InChI=1S/C24H20FNO5/c25-18-7-9-19(10-8-18)26-24(28)23(17-4-2-1-3-5-17)31-22(27)15-16-6-11-20-21(14-16)30-13-12-29-20/h1-11,14,23H,12-13,15H2,(H,26,28). The van der Waals surface area contributed by atoms with Crippen molar-refractivity contribution in [1.82, 2.24) is 0 Å². The van der Waals surface area contributed by atoms with E-state index in [9.17, 15) is 14.0 Å². The van der Waals surface area contributed by atoms with Gasteiger partial charge in [0.15, 0.2) is 11.5 Å². The monoisotopic (exact) mass is 421 g/mol. The zero-order valence-electron chi connectivity index (χ0n) is 16.5. The molecule has 1 amide bonds. The molecule has 1 atom stereocenters. The number of hydrogen-bond acceptors (Lipinski definition) is 5. The summed E-state index contributed by atoms with van der Waals surface area (Å²) < 4.78 is 29.7. The fraction of sp³-hybridized carbons (Fsp3) is 0.167. The number of nitrogens with one attached hydrogen (secondary N) is 1. The molecule has 31 heavy (non-hydrogen) atoms. The summed E-state index contributed by atoms with van der Waals surface area (Å²) >= 11 is 0. The van der Waals surface area contributed by atoms with E-state index in [1.165, 1.54) is 24.3 Å². The Bertz CT molecular complexity index is 1070. The van der Waals surface area contributed by atoms with Crippen LogP contribution < -0.4 is 14.8 Å². The predicted octanol–water partition coefficient (Wildman–Crippen LogP) is 4.06. The highest BCUT2D eigenvalue weighted by Gasteiger charge is 2.25. The zero-order valence-corrected chi connectivity index (χ0v) is 16.5. The first-order valence-corrected chi connectivity index (χ1v) is 9.78. The molecule has 3 aromatic rings. The van der Waals surface area contributed by atoms with Gasteiger partial charge >= 0.3 is 5.97 Å². The van der Waals surface area contributed by atoms with Crippen molar-refractivity contribution in [2.24, 2.45) is 0 Å². The second kappa shape index (κ2) is 9.30. The first kappa shape index (κ1) is 20.4. The lowest BCUT2D eigenvalue weighted by molar-refractivity contribution is -0.154. The number of rotatable bonds is 6. The van der Waals surface area contributed by atoms with Crippen molar-refractivity contribution in [3.63, 3.8) is 0 Å². The van der Waals surface area contributed by atoms with Crippen LogP contribution in [0.4, 0.5) is 10.1 Å². The average Bonchev–Trinajstić information content (AvgIpc) is 2.79.